The van der Waals surface area contributed by atoms with E-state index in [1.165, 1.54) is 0 Å². The van der Waals surface area contributed by atoms with Gasteiger partial charge in [-0.1, -0.05) is 41.9 Å². The van der Waals surface area contributed by atoms with E-state index in [1.54, 1.807) is 13.8 Å². The fraction of sp³-hybridized carbons (Fsp3) is 0.429. The highest BCUT2D eigenvalue weighted by Crippen LogP contribution is 2.13. The monoisotopic (exact) mass is 327 g/mol. The van der Waals surface area contributed by atoms with Crippen molar-refractivity contribution in [1.29, 1.82) is 0 Å². The van der Waals surface area contributed by atoms with E-state index >= 15 is 0 Å². The van der Waals surface area contributed by atoms with Crippen molar-refractivity contribution < 1.29 is 14.7 Å². The summed E-state index contributed by atoms with van der Waals surface area (Å²) in [7, 11) is 0. The highest BCUT2D eigenvalue weighted by molar-refractivity contribution is 9.10. The van der Waals surface area contributed by atoms with Crippen molar-refractivity contribution in [2.45, 2.75) is 32.7 Å². The largest absolute Gasteiger partial charge is 0.480 e. The quantitative estimate of drug-likeness (QED) is 0.844. The van der Waals surface area contributed by atoms with Crippen molar-refractivity contribution in [2.75, 3.05) is 0 Å². The standard InChI is InChI=1S/C14H18BrNO3/c1-9(2)13(14(18)19)16-12(17)7-6-10-4-3-5-11(15)8-10/h3-5,8-9,13H,6-7H2,1-2H3,(H,16,17)(H,18,19). The van der Waals surface area contributed by atoms with Crippen LogP contribution in [0.1, 0.15) is 25.8 Å². The van der Waals surface area contributed by atoms with Gasteiger partial charge >= 0.3 is 5.97 Å². The molecule has 0 heterocycles. The molecule has 0 spiro atoms. The van der Waals surface area contributed by atoms with Crippen molar-refractivity contribution in [3.63, 3.8) is 0 Å². The lowest BCUT2D eigenvalue weighted by Crippen LogP contribution is -2.44. The van der Waals surface area contributed by atoms with Gasteiger partial charge in [0.15, 0.2) is 0 Å². The maximum Gasteiger partial charge on any atom is 0.326 e. The Balaban J connectivity index is 2.49. The molecule has 0 aromatic heterocycles. The molecule has 0 aliphatic carbocycles. The minimum Gasteiger partial charge on any atom is -0.480 e. The summed E-state index contributed by atoms with van der Waals surface area (Å²) in [4.78, 5) is 22.7. The number of carbonyl (C=O) groups is 2. The van der Waals surface area contributed by atoms with Crippen LogP contribution in [0.25, 0.3) is 0 Å². The van der Waals surface area contributed by atoms with Gasteiger partial charge in [-0.2, -0.15) is 0 Å². The first-order chi connectivity index (χ1) is 8.90. The molecule has 2 N–H and O–H groups in total. The van der Waals surface area contributed by atoms with Gasteiger partial charge < -0.3 is 10.4 Å². The van der Waals surface area contributed by atoms with Crippen LogP contribution in [-0.2, 0) is 16.0 Å². The normalized spacial score (nSPS) is 12.2. The number of benzene rings is 1. The van der Waals surface area contributed by atoms with Gasteiger partial charge in [-0.3, -0.25) is 4.79 Å². The molecular formula is C14H18BrNO3. The van der Waals surface area contributed by atoms with Crippen molar-refractivity contribution >= 4 is 27.8 Å². The summed E-state index contributed by atoms with van der Waals surface area (Å²) in [6.07, 6.45) is 0.878. The molecule has 0 fully saturated rings. The third kappa shape index (κ3) is 5.42. The molecule has 5 heteroatoms. The van der Waals surface area contributed by atoms with Gasteiger partial charge in [0.2, 0.25) is 5.91 Å². The van der Waals surface area contributed by atoms with E-state index in [0.29, 0.717) is 6.42 Å². The highest BCUT2D eigenvalue weighted by atomic mass is 79.9. The van der Waals surface area contributed by atoms with E-state index in [0.717, 1.165) is 10.0 Å². The minimum atomic E-state index is -0.995. The third-order valence-electron chi connectivity index (χ3n) is 2.78. The fourth-order valence-corrected chi connectivity index (χ4v) is 2.16. The van der Waals surface area contributed by atoms with Crippen LogP contribution in [0, 0.1) is 5.92 Å². The number of amides is 1. The molecule has 1 unspecified atom stereocenters. The number of hydrogen-bond acceptors (Lipinski definition) is 2. The number of aliphatic carboxylic acids is 1. The van der Waals surface area contributed by atoms with Gasteiger partial charge in [-0.15, -0.1) is 0 Å². The zero-order valence-corrected chi connectivity index (χ0v) is 12.6. The average Bonchev–Trinajstić information content (AvgIpc) is 2.32. The van der Waals surface area contributed by atoms with E-state index in [2.05, 4.69) is 21.2 Å². The SMILES string of the molecule is CC(C)C(NC(=O)CCc1cccc(Br)c1)C(=O)O. The first-order valence-electron chi connectivity index (χ1n) is 6.16. The lowest BCUT2D eigenvalue weighted by atomic mass is 10.0. The van der Waals surface area contributed by atoms with Crippen LogP contribution in [0.5, 0.6) is 0 Å². The summed E-state index contributed by atoms with van der Waals surface area (Å²) in [6, 6.07) is 6.89. The van der Waals surface area contributed by atoms with Crippen LogP contribution in [0.15, 0.2) is 28.7 Å². The topological polar surface area (TPSA) is 66.4 Å². The lowest BCUT2D eigenvalue weighted by Gasteiger charge is -2.17. The van der Waals surface area contributed by atoms with Gasteiger partial charge in [-0.05, 0) is 30.0 Å². The first-order valence-corrected chi connectivity index (χ1v) is 6.96. The van der Waals surface area contributed by atoms with E-state index in [1.807, 2.05) is 24.3 Å². The Hall–Kier alpha value is -1.36. The number of halogens is 1. The Morgan fingerprint density at radius 1 is 1.37 bits per heavy atom. The third-order valence-corrected chi connectivity index (χ3v) is 3.27. The Kier molecular flexibility index (Phi) is 6.02. The lowest BCUT2D eigenvalue weighted by molar-refractivity contribution is -0.143. The molecule has 1 aromatic carbocycles. The molecule has 0 radical (unpaired) electrons. The second-order valence-corrected chi connectivity index (χ2v) is 5.67. The van der Waals surface area contributed by atoms with Crippen LogP contribution < -0.4 is 5.32 Å². The Bertz CT molecular complexity index is 460. The summed E-state index contributed by atoms with van der Waals surface area (Å²) in [5, 5.41) is 11.5. The van der Waals surface area contributed by atoms with Crippen molar-refractivity contribution in [3.05, 3.63) is 34.3 Å². The molecule has 0 bridgehead atoms. The highest BCUT2D eigenvalue weighted by Gasteiger charge is 2.22. The molecular weight excluding hydrogens is 310 g/mol. The maximum atomic E-state index is 11.7. The second-order valence-electron chi connectivity index (χ2n) is 4.76. The van der Waals surface area contributed by atoms with Crippen molar-refractivity contribution in [2.24, 2.45) is 5.92 Å². The number of nitrogens with one attached hydrogen (secondary N) is 1. The Morgan fingerprint density at radius 2 is 2.05 bits per heavy atom. The molecule has 1 rings (SSSR count). The second kappa shape index (κ2) is 7.28. The molecule has 19 heavy (non-hydrogen) atoms. The molecule has 0 saturated carbocycles. The Morgan fingerprint density at radius 3 is 2.58 bits per heavy atom. The van der Waals surface area contributed by atoms with E-state index < -0.39 is 12.0 Å². The molecule has 104 valence electrons. The number of carboxylic acids is 1. The van der Waals surface area contributed by atoms with Gasteiger partial charge in [0.25, 0.3) is 0 Å². The smallest absolute Gasteiger partial charge is 0.326 e. The summed E-state index contributed by atoms with van der Waals surface area (Å²) >= 11 is 3.37. The number of carboxylic acid groups (broad SMARTS) is 1. The molecule has 1 aromatic rings. The molecule has 0 aliphatic heterocycles. The summed E-state index contributed by atoms with van der Waals surface area (Å²) in [5.74, 6) is -1.36. The fourth-order valence-electron chi connectivity index (χ4n) is 1.71. The summed E-state index contributed by atoms with van der Waals surface area (Å²) in [6.45, 7) is 3.54. The van der Waals surface area contributed by atoms with E-state index in [4.69, 9.17) is 5.11 Å². The number of carbonyl (C=O) groups excluding carboxylic acids is 1. The maximum absolute atomic E-state index is 11.7. The number of rotatable bonds is 6. The van der Waals surface area contributed by atoms with E-state index in [-0.39, 0.29) is 18.2 Å². The van der Waals surface area contributed by atoms with Crippen LogP contribution in [0.3, 0.4) is 0 Å². The van der Waals surface area contributed by atoms with E-state index in [9.17, 15) is 9.59 Å². The zero-order valence-electron chi connectivity index (χ0n) is 11.0. The van der Waals surface area contributed by atoms with Gasteiger partial charge in [0.1, 0.15) is 6.04 Å². The predicted molar refractivity (Wildman–Crippen MR) is 76.9 cm³/mol. The van der Waals surface area contributed by atoms with Crippen LogP contribution in [-0.4, -0.2) is 23.0 Å². The molecule has 0 aliphatic rings. The molecule has 0 saturated heterocycles. The molecule has 1 atom stereocenters. The number of aryl methyl sites for hydroxylation is 1. The predicted octanol–water partition coefficient (Wildman–Crippen LogP) is 2.61. The zero-order chi connectivity index (χ0) is 14.4. The van der Waals surface area contributed by atoms with Crippen LogP contribution in [0.4, 0.5) is 0 Å². The van der Waals surface area contributed by atoms with Crippen molar-refractivity contribution in [1.82, 2.24) is 5.32 Å². The van der Waals surface area contributed by atoms with Crippen molar-refractivity contribution in [3.8, 4) is 0 Å². The number of hydrogen-bond donors (Lipinski definition) is 2. The van der Waals surface area contributed by atoms with Gasteiger partial charge in [0.05, 0.1) is 0 Å². The summed E-state index contributed by atoms with van der Waals surface area (Å²) in [5.41, 5.74) is 1.04. The Labute approximate surface area is 121 Å². The van der Waals surface area contributed by atoms with Crippen LogP contribution in [0.2, 0.25) is 0 Å². The van der Waals surface area contributed by atoms with Crippen LogP contribution >= 0.6 is 15.9 Å². The molecule has 4 nitrogen and oxygen atoms in total. The molecule has 1 amide bonds. The minimum absolute atomic E-state index is 0.132. The van der Waals surface area contributed by atoms with Gasteiger partial charge in [0, 0.05) is 10.9 Å². The first kappa shape index (κ1) is 15.7. The summed E-state index contributed by atoms with van der Waals surface area (Å²) < 4.78 is 0.969. The van der Waals surface area contributed by atoms with Gasteiger partial charge in [-0.25, -0.2) is 4.79 Å². The average molecular weight is 328 g/mol.